The molecule has 0 spiro atoms. The summed E-state index contributed by atoms with van der Waals surface area (Å²) in [4.78, 5) is 0. The molecule has 1 heterocycles. The van der Waals surface area contributed by atoms with E-state index < -0.39 is 6.23 Å². The van der Waals surface area contributed by atoms with E-state index in [0.717, 1.165) is 35.1 Å². The summed E-state index contributed by atoms with van der Waals surface area (Å²) in [5.74, 6) is 2.16. The van der Waals surface area contributed by atoms with E-state index in [2.05, 4.69) is 17.2 Å². The molecule has 1 aliphatic rings. The lowest BCUT2D eigenvalue weighted by Gasteiger charge is -2.30. The second-order valence-corrected chi connectivity index (χ2v) is 7.61. The number of phenolic OH excluding ortho intramolecular Hbond substituents is 1. The molecule has 168 valence electrons. The zero-order valence-electron chi connectivity index (χ0n) is 18.9. The predicted molar refractivity (Wildman–Crippen MR) is 121 cm³/mol. The van der Waals surface area contributed by atoms with Gasteiger partial charge in [-0.3, -0.25) is 5.32 Å². The first-order valence-electron chi connectivity index (χ1n) is 10.3. The molecule has 0 amide bonds. The van der Waals surface area contributed by atoms with Crippen LogP contribution in [0, 0.1) is 0 Å². The number of aromatic hydroxyl groups is 1. The molecule has 0 saturated heterocycles. The topological polar surface area (TPSA) is 81.2 Å². The summed E-state index contributed by atoms with van der Waals surface area (Å²) in [5, 5.41) is 17.1. The number of ether oxygens (including phenoxy) is 4. The average molecular weight is 429 g/mol. The highest BCUT2D eigenvalue weighted by atomic mass is 16.5. The van der Waals surface area contributed by atoms with Crippen molar-refractivity contribution in [2.45, 2.75) is 32.0 Å². The standard InChI is InChI=1S/C24H32N2O5/c1-14(2)17(25-3)11-15-7-8-18(27)19(12-15)31-24-21-16(9-10-26-24)13-20(28-4)22(29-5)23(21)30-6/h7-8,12-13,17,24-27H,1,9-11H2,2-6H3/t17-,24?/m0/s1. The maximum Gasteiger partial charge on any atom is 0.203 e. The molecule has 0 bridgehead atoms. The molecule has 1 aliphatic heterocycles. The van der Waals surface area contributed by atoms with Crippen molar-refractivity contribution in [3.63, 3.8) is 0 Å². The number of nitrogens with one attached hydrogen (secondary N) is 2. The van der Waals surface area contributed by atoms with E-state index >= 15 is 0 Å². The van der Waals surface area contributed by atoms with Gasteiger partial charge in [0.1, 0.15) is 0 Å². The molecule has 0 aromatic heterocycles. The number of hydrogen-bond acceptors (Lipinski definition) is 7. The van der Waals surface area contributed by atoms with Crippen LogP contribution < -0.4 is 29.6 Å². The zero-order valence-corrected chi connectivity index (χ0v) is 18.9. The van der Waals surface area contributed by atoms with Crippen molar-refractivity contribution < 1.29 is 24.1 Å². The quantitative estimate of drug-likeness (QED) is 0.529. The van der Waals surface area contributed by atoms with E-state index in [1.807, 2.05) is 32.2 Å². The van der Waals surface area contributed by atoms with Crippen molar-refractivity contribution in [3.8, 4) is 28.7 Å². The average Bonchev–Trinajstić information content (AvgIpc) is 2.77. The van der Waals surface area contributed by atoms with Crippen LogP contribution in [0.5, 0.6) is 28.7 Å². The Hall–Kier alpha value is -2.90. The van der Waals surface area contributed by atoms with Gasteiger partial charge in [0, 0.05) is 12.6 Å². The largest absolute Gasteiger partial charge is 0.504 e. The first-order valence-corrected chi connectivity index (χ1v) is 10.3. The third-order valence-corrected chi connectivity index (χ3v) is 5.59. The van der Waals surface area contributed by atoms with Gasteiger partial charge in [0.2, 0.25) is 5.75 Å². The van der Waals surface area contributed by atoms with Crippen molar-refractivity contribution in [2.75, 3.05) is 34.9 Å². The number of methoxy groups -OCH3 is 3. The Morgan fingerprint density at radius 1 is 1.16 bits per heavy atom. The third-order valence-electron chi connectivity index (χ3n) is 5.59. The molecule has 3 N–H and O–H groups in total. The first-order chi connectivity index (χ1) is 14.9. The van der Waals surface area contributed by atoms with E-state index in [-0.39, 0.29) is 11.8 Å². The molecule has 31 heavy (non-hydrogen) atoms. The van der Waals surface area contributed by atoms with Gasteiger partial charge in [0.15, 0.2) is 29.2 Å². The summed E-state index contributed by atoms with van der Waals surface area (Å²) >= 11 is 0. The second kappa shape index (κ2) is 9.94. The predicted octanol–water partition coefficient (Wildman–Crippen LogP) is 3.35. The Bertz CT molecular complexity index is 944. The van der Waals surface area contributed by atoms with Crippen molar-refractivity contribution in [1.82, 2.24) is 10.6 Å². The Balaban J connectivity index is 1.97. The first kappa shape index (κ1) is 22.8. The van der Waals surface area contributed by atoms with Gasteiger partial charge in [-0.25, -0.2) is 0 Å². The maximum absolute atomic E-state index is 10.5. The lowest BCUT2D eigenvalue weighted by molar-refractivity contribution is 0.148. The Labute approximate surface area is 184 Å². The van der Waals surface area contributed by atoms with Gasteiger partial charge < -0.3 is 29.4 Å². The summed E-state index contributed by atoms with van der Waals surface area (Å²) in [6.07, 6.45) is 1.02. The number of phenols is 1. The highest BCUT2D eigenvalue weighted by molar-refractivity contribution is 5.60. The SMILES string of the molecule is C=C(C)[C@H](Cc1ccc(O)c(OC2NCCc3cc(OC)c(OC)c(OC)c32)c1)NC. The van der Waals surface area contributed by atoms with E-state index in [1.54, 1.807) is 27.4 Å². The number of fused-ring (bicyclic) bond motifs is 1. The fraction of sp³-hybridized carbons (Fsp3) is 0.417. The number of likely N-dealkylation sites (N-methyl/N-ethyl adjacent to an activating group) is 1. The Morgan fingerprint density at radius 2 is 1.90 bits per heavy atom. The van der Waals surface area contributed by atoms with E-state index in [4.69, 9.17) is 18.9 Å². The fourth-order valence-electron chi connectivity index (χ4n) is 3.93. The molecular weight excluding hydrogens is 396 g/mol. The monoisotopic (exact) mass is 428 g/mol. The van der Waals surface area contributed by atoms with E-state index in [9.17, 15) is 5.11 Å². The lowest BCUT2D eigenvalue weighted by atomic mass is 9.97. The van der Waals surface area contributed by atoms with Crippen LogP contribution >= 0.6 is 0 Å². The summed E-state index contributed by atoms with van der Waals surface area (Å²) in [6, 6.07) is 7.51. The molecule has 0 fully saturated rings. The van der Waals surface area contributed by atoms with Crippen LogP contribution in [0.4, 0.5) is 0 Å². The molecule has 2 aromatic carbocycles. The summed E-state index contributed by atoms with van der Waals surface area (Å²) in [6.45, 7) is 6.75. The molecule has 1 unspecified atom stereocenters. The van der Waals surface area contributed by atoms with Crippen molar-refractivity contribution in [3.05, 3.63) is 53.1 Å². The van der Waals surface area contributed by atoms with Gasteiger partial charge >= 0.3 is 0 Å². The summed E-state index contributed by atoms with van der Waals surface area (Å²) in [7, 11) is 6.68. The zero-order chi connectivity index (χ0) is 22.5. The Morgan fingerprint density at radius 3 is 2.52 bits per heavy atom. The van der Waals surface area contributed by atoms with Crippen LogP contribution in [0.15, 0.2) is 36.4 Å². The normalized spacial score (nSPS) is 16.2. The van der Waals surface area contributed by atoms with Gasteiger partial charge in [-0.15, -0.1) is 0 Å². The van der Waals surface area contributed by atoms with E-state index in [1.165, 1.54) is 0 Å². The summed E-state index contributed by atoms with van der Waals surface area (Å²) < 4.78 is 23.0. The second-order valence-electron chi connectivity index (χ2n) is 7.61. The maximum atomic E-state index is 10.5. The van der Waals surface area contributed by atoms with Gasteiger partial charge in [-0.2, -0.15) is 0 Å². The highest BCUT2D eigenvalue weighted by Gasteiger charge is 2.31. The van der Waals surface area contributed by atoms with E-state index in [0.29, 0.717) is 29.5 Å². The van der Waals surface area contributed by atoms with Crippen LogP contribution in [-0.2, 0) is 12.8 Å². The molecule has 0 saturated carbocycles. The molecule has 0 radical (unpaired) electrons. The van der Waals surface area contributed by atoms with Gasteiger partial charge in [0.05, 0.1) is 26.9 Å². The molecular formula is C24H32N2O5. The lowest BCUT2D eigenvalue weighted by Crippen LogP contribution is -2.34. The molecule has 2 aromatic rings. The number of rotatable bonds is 9. The molecule has 3 rings (SSSR count). The molecule has 2 atom stereocenters. The van der Waals surface area contributed by atoms with Gasteiger partial charge in [-0.05, 0) is 56.1 Å². The van der Waals surface area contributed by atoms with Crippen molar-refractivity contribution in [1.29, 1.82) is 0 Å². The molecule has 7 nitrogen and oxygen atoms in total. The van der Waals surface area contributed by atoms with Crippen LogP contribution in [0.1, 0.15) is 29.8 Å². The Kier molecular flexibility index (Phi) is 7.30. The van der Waals surface area contributed by atoms with Crippen LogP contribution in [0.3, 0.4) is 0 Å². The molecule has 0 aliphatic carbocycles. The van der Waals surface area contributed by atoms with Gasteiger partial charge in [0.25, 0.3) is 0 Å². The molecule has 7 heteroatoms. The fourth-order valence-corrected chi connectivity index (χ4v) is 3.93. The minimum Gasteiger partial charge on any atom is -0.504 e. The van der Waals surface area contributed by atoms with Crippen LogP contribution in [-0.4, -0.2) is 46.1 Å². The van der Waals surface area contributed by atoms with Crippen LogP contribution in [0.2, 0.25) is 0 Å². The minimum atomic E-state index is -0.513. The number of hydrogen-bond donors (Lipinski definition) is 3. The van der Waals surface area contributed by atoms with Crippen LogP contribution in [0.25, 0.3) is 0 Å². The number of benzene rings is 2. The third kappa shape index (κ3) is 4.73. The van der Waals surface area contributed by atoms with Crippen molar-refractivity contribution >= 4 is 0 Å². The minimum absolute atomic E-state index is 0.0773. The smallest absolute Gasteiger partial charge is 0.203 e. The van der Waals surface area contributed by atoms with Gasteiger partial charge in [-0.1, -0.05) is 18.2 Å². The highest BCUT2D eigenvalue weighted by Crippen LogP contribution is 2.46. The van der Waals surface area contributed by atoms with Crippen molar-refractivity contribution in [2.24, 2.45) is 0 Å². The summed E-state index contributed by atoms with van der Waals surface area (Å²) in [5.41, 5.74) is 3.97.